The standard InChI is InChI=1S/C36H46Cl2N4/c1-9-20-21(10-2)36-26(15-7)32-24(13-5)31(38)34(41-32)25(14-6)33-27(37)19-30(40-33)22(11-3)28-17-18-29(39-28)23(12-4)35(20)42(36)16-8/h17-19,39-41H,9-16H2,1-8H3. The van der Waals surface area contributed by atoms with Crippen molar-refractivity contribution in [1.82, 2.24) is 19.5 Å². The smallest absolute Gasteiger partial charge is 0.0697 e. The molecule has 8 bridgehead atoms. The van der Waals surface area contributed by atoms with Crippen LogP contribution in [0.5, 0.6) is 0 Å². The Balaban J connectivity index is 2.15. The average molecular weight is 606 g/mol. The third kappa shape index (κ3) is 4.66. The molecule has 1 aliphatic heterocycles. The second kappa shape index (κ2) is 12.4. The van der Waals surface area contributed by atoms with Crippen molar-refractivity contribution in [2.45, 2.75) is 107 Å². The van der Waals surface area contributed by atoms with Gasteiger partial charge in [-0.3, -0.25) is 0 Å². The van der Waals surface area contributed by atoms with Crippen molar-refractivity contribution >= 4 is 45.5 Å². The number of halogens is 2. The van der Waals surface area contributed by atoms with E-state index in [1.54, 1.807) is 0 Å². The van der Waals surface area contributed by atoms with Gasteiger partial charge in [-0.25, -0.2) is 0 Å². The Morgan fingerprint density at radius 2 is 1.12 bits per heavy atom. The maximum absolute atomic E-state index is 7.30. The quantitative estimate of drug-likeness (QED) is 0.190. The minimum absolute atomic E-state index is 0.722. The highest BCUT2D eigenvalue weighted by Gasteiger charge is 2.24. The molecule has 0 saturated carbocycles. The van der Waals surface area contributed by atoms with E-state index in [0.717, 1.165) is 94.9 Å². The van der Waals surface area contributed by atoms with E-state index < -0.39 is 0 Å². The molecule has 0 amide bonds. The fourth-order valence-electron chi connectivity index (χ4n) is 7.32. The summed E-state index contributed by atoms with van der Waals surface area (Å²) in [5, 5.41) is 6.25. The largest absolute Gasteiger partial charge is 0.355 e. The topological polar surface area (TPSA) is 52.3 Å². The molecule has 0 aliphatic carbocycles. The van der Waals surface area contributed by atoms with Crippen LogP contribution in [-0.2, 0) is 25.8 Å². The van der Waals surface area contributed by atoms with Crippen molar-refractivity contribution < 1.29 is 0 Å². The van der Waals surface area contributed by atoms with Crippen LogP contribution in [0.25, 0.3) is 22.3 Å². The first-order chi connectivity index (χ1) is 20.3. The van der Waals surface area contributed by atoms with Gasteiger partial charge in [0.1, 0.15) is 0 Å². The molecular formula is C36H46Cl2N4. The SMILES string of the molecule is CCC1=c2cc(Cl)c([nH]2)=C(CC)c2[nH]c(c(CC)c2Cl)C(CC)=c2c(CC)c(CC)c(n2CC)=C(CC)c2ccc1[nH]2. The summed E-state index contributed by atoms with van der Waals surface area (Å²) in [5.41, 5.74) is 13.6. The van der Waals surface area contributed by atoms with Gasteiger partial charge in [-0.05, 0) is 103 Å². The Hall–Kier alpha value is -2.82. The van der Waals surface area contributed by atoms with E-state index in [0.29, 0.717) is 0 Å². The van der Waals surface area contributed by atoms with Crippen LogP contribution in [0.1, 0.15) is 121 Å². The molecule has 0 saturated heterocycles. The lowest BCUT2D eigenvalue weighted by Crippen LogP contribution is -2.31. The van der Waals surface area contributed by atoms with Gasteiger partial charge in [0.05, 0.1) is 21.1 Å². The number of hydrogen-bond donors (Lipinski definition) is 3. The van der Waals surface area contributed by atoms with Crippen LogP contribution in [0.2, 0.25) is 10.0 Å². The lowest BCUT2D eigenvalue weighted by Gasteiger charge is -2.12. The fraction of sp³-hybridized carbons (Fsp3) is 0.444. The number of aromatic nitrogens is 4. The van der Waals surface area contributed by atoms with Crippen LogP contribution in [0, 0.1) is 0 Å². The Kier molecular flexibility index (Phi) is 9.06. The minimum Gasteiger partial charge on any atom is -0.355 e. The van der Waals surface area contributed by atoms with Crippen molar-refractivity contribution in [3.8, 4) is 0 Å². The van der Waals surface area contributed by atoms with Gasteiger partial charge in [0.25, 0.3) is 0 Å². The summed E-state index contributed by atoms with van der Waals surface area (Å²) < 4.78 is 2.59. The van der Waals surface area contributed by atoms with Crippen molar-refractivity contribution in [3.05, 3.63) is 89.1 Å². The molecule has 4 nitrogen and oxygen atoms in total. The zero-order valence-corrected chi connectivity index (χ0v) is 28.1. The fourth-order valence-corrected chi connectivity index (χ4v) is 7.98. The van der Waals surface area contributed by atoms with Crippen molar-refractivity contribution in [2.24, 2.45) is 0 Å². The molecule has 0 radical (unpaired) electrons. The van der Waals surface area contributed by atoms with Crippen LogP contribution in [-0.4, -0.2) is 19.5 Å². The molecule has 0 fully saturated rings. The first-order valence-electron chi connectivity index (χ1n) is 16.0. The highest BCUT2D eigenvalue weighted by Crippen LogP contribution is 2.34. The molecule has 0 spiro atoms. The molecule has 224 valence electrons. The maximum Gasteiger partial charge on any atom is 0.0697 e. The number of fused-ring (bicyclic) bond motifs is 8. The Morgan fingerprint density at radius 1 is 0.571 bits per heavy atom. The van der Waals surface area contributed by atoms with Crippen LogP contribution < -0.4 is 21.4 Å². The zero-order chi connectivity index (χ0) is 30.3. The lowest BCUT2D eigenvalue weighted by atomic mass is 9.98. The molecule has 3 N–H and O–H groups in total. The number of H-pyrrole nitrogens is 3. The Bertz CT molecular complexity index is 1890. The third-order valence-electron chi connectivity index (χ3n) is 9.21. The van der Waals surface area contributed by atoms with Crippen molar-refractivity contribution in [3.63, 3.8) is 0 Å². The average Bonchev–Trinajstić information content (AvgIpc) is 3.76. The summed E-state index contributed by atoms with van der Waals surface area (Å²) in [6.07, 6.45) is 6.34. The molecule has 42 heavy (non-hydrogen) atoms. The molecule has 4 aromatic heterocycles. The molecule has 1 aliphatic rings. The third-order valence-corrected chi connectivity index (χ3v) is 9.93. The maximum atomic E-state index is 7.30. The van der Waals surface area contributed by atoms with E-state index in [1.807, 2.05) is 0 Å². The van der Waals surface area contributed by atoms with E-state index >= 15 is 0 Å². The molecule has 4 aromatic rings. The van der Waals surface area contributed by atoms with Crippen LogP contribution in [0.3, 0.4) is 0 Å². The molecule has 0 aromatic carbocycles. The van der Waals surface area contributed by atoms with Gasteiger partial charge >= 0.3 is 0 Å². The van der Waals surface area contributed by atoms with Gasteiger partial charge in [0.15, 0.2) is 0 Å². The van der Waals surface area contributed by atoms with Gasteiger partial charge in [-0.2, -0.15) is 0 Å². The number of aromatic amines is 3. The lowest BCUT2D eigenvalue weighted by molar-refractivity contribution is 0.709. The molecule has 0 unspecified atom stereocenters. The van der Waals surface area contributed by atoms with Gasteiger partial charge in [0, 0.05) is 45.2 Å². The molecule has 6 heteroatoms. The summed E-state index contributed by atoms with van der Waals surface area (Å²) >= 11 is 14.3. The van der Waals surface area contributed by atoms with Crippen LogP contribution >= 0.6 is 23.2 Å². The minimum atomic E-state index is 0.722. The number of nitrogens with zero attached hydrogens (tertiary/aromatic N) is 1. The molecular weight excluding hydrogens is 559 g/mol. The van der Waals surface area contributed by atoms with E-state index in [1.165, 1.54) is 49.8 Å². The Morgan fingerprint density at radius 3 is 1.64 bits per heavy atom. The summed E-state index contributed by atoms with van der Waals surface area (Å²) in [6.45, 7) is 19.0. The van der Waals surface area contributed by atoms with E-state index in [9.17, 15) is 0 Å². The Labute approximate surface area is 260 Å². The van der Waals surface area contributed by atoms with Gasteiger partial charge in [-0.15, -0.1) is 0 Å². The monoisotopic (exact) mass is 604 g/mol. The second-order valence-corrected chi connectivity index (χ2v) is 11.9. The van der Waals surface area contributed by atoms with Crippen molar-refractivity contribution in [1.29, 1.82) is 0 Å². The zero-order valence-electron chi connectivity index (χ0n) is 26.6. The highest BCUT2D eigenvalue weighted by molar-refractivity contribution is 6.33. The first kappa shape index (κ1) is 30.6. The van der Waals surface area contributed by atoms with E-state index in [2.05, 4.69) is 93.1 Å². The number of nitrogens with one attached hydrogen (secondary N) is 3. The predicted octanol–water partition coefficient (Wildman–Crippen LogP) is 7.24. The molecule has 5 heterocycles. The van der Waals surface area contributed by atoms with E-state index in [-0.39, 0.29) is 0 Å². The predicted molar refractivity (Wildman–Crippen MR) is 180 cm³/mol. The van der Waals surface area contributed by atoms with Gasteiger partial charge < -0.3 is 19.5 Å². The van der Waals surface area contributed by atoms with Crippen LogP contribution in [0.15, 0.2) is 18.2 Å². The van der Waals surface area contributed by atoms with Gasteiger partial charge in [0.2, 0.25) is 0 Å². The number of rotatable bonds is 8. The molecule has 5 rings (SSSR count). The summed E-state index contributed by atoms with van der Waals surface area (Å²) in [6, 6.07) is 6.58. The summed E-state index contributed by atoms with van der Waals surface area (Å²) in [4.78, 5) is 11.4. The van der Waals surface area contributed by atoms with E-state index in [4.69, 9.17) is 23.2 Å². The highest BCUT2D eigenvalue weighted by atomic mass is 35.5. The first-order valence-corrected chi connectivity index (χ1v) is 16.8. The normalized spacial score (nSPS) is 13.6. The molecule has 0 atom stereocenters. The van der Waals surface area contributed by atoms with Crippen molar-refractivity contribution in [2.75, 3.05) is 0 Å². The summed E-state index contributed by atoms with van der Waals surface area (Å²) in [7, 11) is 0. The van der Waals surface area contributed by atoms with Crippen LogP contribution in [0.4, 0.5) is 0 Å². The second-order valence-electron chi connectivity index (χ2n) is 11.1. The number of hydrogen-bond acceptors (Lipinski definition) is 0. The van der Waals surface area contributed by atoms with Gasteiger partial charge in [-0.1, -0.05) is 71.7 Å². The summed E-state index contributed by atoms with van der Waals surface area (Å²) in [5.74, 6) is 0.